The number of nitrogens with one attached hydrogen (secondary N) is 1. The van der Waals surface area contributed by atoms with E-state index in [4.69, 9.17) is 4.74 Å². The summed E-state index contributed by atoms with van der Waals surface area (Å²) >= 11 is 0. The molecule has 1 aromatic carbocycles. The number of halogens is 2. The minimum absolute atomic E-state index is 0. The smallest absolute Gasteiger partial charge is 0.310 e. The number of esters is 1. The summed E-state index contributed by atoms with van der Waals surface area (Å²) in [5, 5.41) is 3.26. The minimum Gasteiger partial charge on any atom is -0.469 e. The molecule has 0 saturated carbocycles. The molecule has 1 aliphatic heterocycles. The first-order valence-corrected chi connectivity index (χ1v) is 9.26. The molecule has 1 fully saturated rings. The Labute approximate surface area is 187 Å². The third-order valence-corrected chi connectivity index (χ3v) is 5.18. The first-order valence-electron chi connectivity index (χ1n) is 9.26. The maximum atomic E-state index is 14.6. The van der Waals surface area contributed by atoms with Crippen molar-refractivity contribution in [3.63, 3.8) is 0 Å². The third kappa shape index (κ3) is 5.06. The molecule has 1 N–H and O–H groups in total. The van der Waals surface area contributed by atoms with E-state index >= 15 is 0 Å². The first kappa shape index (κ1) is 23.1. The van der Waals surface area contributed by atoms with E-state index < -0.39 is 0 Å². The monoisotopic (exact) mass is 515 g/mol. The van der Waals surface area contributed by atoms with Crippen LogP contribution in [0.2, 0.25) is 0 Å². The number of guanidine groups is 1. The standard InChI is InChI=1S/C20H26FN5O2.HI/c1-13-11-25(12-16(13)19(27)28-4)20(22-3)24-10-15-5-6-18(17(21)9-15)26-8-7-23-14(26)2;/h5-9,13,16H,10-12H2,1-4H3,(H,22,24);1H. The van der Waals surface area contributed by atoms with Crippen molar-refractivity contribution < 1.29 is 13.9 Å². The zero-order valence-corrected chi connectivity index (χ0v) is 19.4. The Morgan fingerprint density at radius 2 is 2.17 bits per heavy atom. The molecular weight excluding hydrogens is 488 g/mol. The highest BCUT2D eigenvalue weighted by Gasteiger charge is 2.36. The number of likely N-dealkylation sites (tertiary alicyclic amines) is 1. The number of aliphatic imine (C=N–C) groups is 1. The molecular formula is C20H27FIN5O2. The minimum atomic E-state index is -0.309. The van der Waals surface area contributed by atoms with Gasteiger partial charge in [-0.05, 0) is 30.5 Å². The molecule has 1 saturated heterocycles. The summed E-state index contributed by atoms with van der Waals surface area (Å²) in [6, 6.07) is 5.13. The number of aryl methyl sites for hydroxylation is 1. The lowest BCUT2D eigenvalue weighted by atomic mass is 9.99. The molecule has 158 valence electrons. The number of hydrogen-bond donors (Lipinski definition) is 1. The summed E-state index contributed by atoms with van der Waals surface area (Å²) in [4.78, 5) is 22.4. The number of aromatic nitrogens is 2. The molecule has 2 unspecified atom stereocenters. The van der Waals surface area contributed by atoms with Crippen LogP contribution in [0.25, 0.3) is 5.69 Å². The molecule has 1 aromatic heterocycles. The molecule has 7 nitrogen and oxygen atoms in total. The van der Waals surface area contributed by atoms with E-state index in [-0.39, 0.29) is 47.6 Å². The fourth-order valence-electron chi connectivity index (χ4n) is 3.60. The zero-order chi connectivity index (χ0) is 20.3. The molecule has 2 aromatic rings. The van der Waals surface area contributed by atoms with Crippen LogP contribution in [0.4, 0.5) is 4.39 Å². The van der Waals surface area contributed by atoms with Gasteiger partial charge >= 0.3 is 5.97 Å². The lowest BCUT2D eigenvalue weighted by molar-refractivity contribution is -0.145. The summed E-state index contributed by atoms with van der Waals surface area (Å²) < 4.78 is 21.2. The van der Waals surface area contributed by atoms with Gasteiger partial charge in [0.15, 0.2) is 5.96 Å². The van der Waals surface area contributed by atoms with Crippen molar-refractivity contribution in [2.75, 3.05) is 27.2 Å². The summed E-state index contributed by atoms with van der Waals surface area (Å²) in [5.41, 5.74) is 1.27. The number of rotatable bonds is 4. The number of imidazole rings is 1. The summed E-state index contributed by atoms with van der Waals surface area (Å²) in [7, 11) is 3.11. The third-order valence-electron chi connectivity index (χ3n) is 5.18. The van der Waals surface area contributed by atoms with E-state index in [1.54, 1.807) is 30.1 Å². The predicted octanol–water partition coefficient (Wildman–Crippen LogP) is 2.75. The average Bonchev–Trinajstić information content (AvgIpc) is 3.27. The molecule has 0 aliphatic carbocycles. The summed E-state index contributed by atoms with van der Waals surface area (Å²) in [5.74, 6) is 0.926. The van der Waals surface area contributed by atoms with Crippen LogP contribution in [-0.4, -0.2) is 53.6 Å². The Kier molecular flexibility index (Phi) is 8.00. The van der Waals surface area contributed by atoms with Crippen molar-refractivity contribution in [1.82, 2.24) is 19.8 Å². The van der Waals surface area contributed by atoms with E-state index in [1.165, 1.54) is 13.2 Å². The summed E-state index contributed by atoms with van der Waals surface area (Å²) in [6.07, 6.45) is 3.38. The van der Waals surface area contributed by atoms with Crippen LogP contribution < -0.4 is 5.32 Å². The molecule has 29 heavy (non-hydrogen) atoms. The van der Waals surface area contributed by atoms with E-state index in [2.05, 4.69) is 15.3 Å². The van der Waals surface area contributed by atoms with Crippen molar-refractivity contribution in [2.24, 2.45) is 16.8 Å². The van der Waals surface area contributed by atoms with Crippen LogP contribution >= 0.6 is 24.0 Å². The number of carbonyl (C=O) groups is 1. The fourth-order valence-corrected chi connectivity index (χ4v) is 3.60. The van der Waals surface area contributed by atoms with Gasteiger partial charge in [-0.1, -0.05) is 13.0 Å². The second kappa shape index (κ2) is 10.0. The van der Waals surface area contributed by atoms with Crippen molar-refractivity contribution >= 4 is 35.9 Å². The largest absolute Gasteiger partial charge is 0.469 e. The van der Waals surface area contributed by atoms with E-state index in [0.29, 0.717) is 31.3 Å². The van der Waals surface area contributed by atoms with Gasteiger partial charge in [-0.2, -0.15) is 0 Å². The van der Waals surface area contributed by atoms with Gasteiger partial charge in [-0.25, -0.2) is 9.37 Å². The van der Waals surface area contributed by atoms with Crippen molar-refractivity contribution in [1.29, 1.82) is 0 Å². The molecule has 0 bridgehead atoms. The van der Waals surface area contributed by atoms with Gasteiger partial charge in [0.2, 0.25) is 0 Å². The highest BCUT2D eigenvalue weighted by atomic mass is 127. The molecule has 9 heteroatoms. The summed E-state index contributed by atoms with van der Waals surface area (Å²) in [6.45, 7) is 5.56. The number of nitrogens with zero attached hydrogens (tertiary/aromatic N) is 4. The van der Waals surface area contributed by atoms with Crippen LogP contribution in [0.15, 0.2) is 35.6 Å². The number of benzene rings is 1. The molecule has 3 rings (SSSR count). The first-order chi connectivity index (χ1) is 13.4. The molecule has 1 aliphatic rings. The Hall–Kier alpha value is -2.17. The van der Waals surface area contributed by atoms with Crippen molar-refractivity contribution in [3.8, 4) is 5.69 Å². The number of hydrogen-bond acceptors (Lipinski definition) is 4. The second-order valence-corrected chi connectivity index (χ2v) is 7.04. The Bertz CT molecular complexity index is 886. The quantitative estimate of drug-likeness (QED) is 0.294. The van der Waals surface area contributed by atoms with E-state index in [1.807, 2.05) is 24.8 Å². The van der Waals surface area contributed by atoms with Crippen LogP contribution in [0, 0.1) is 24.6 Å². The molecule has 0 amide bonds. The Morgan fingerprint density at radius 3 is 2.76 bits per heavy atom. The lowest BCUT2D eigenvalue weighted by Gasteiger charge is -2.21. The van der Waals surface area contributed by atoms with Crippen LogP contribution in [0.5, 0.6) is 0 Å². The Morgan fingerprint density at radius 1 is 1.41 bits per heavy atom. The second-order valence-electron chi connectivity index (χ2n) is 7.04. The van der Waals surface area contributed by atoms with E-state index in [9.17, 15) is 9.18 Å². The van der Waals surface area contributed by atoms with Crippen LogP contribution in [0.1, 0.15) is 18.3 Å². The number of ether oxygens (including phenoxy) is 1. The average molecular weight is 515 g/mol. The molecule has 2 atom stereocenters. The van der Waals surface area contributed by atoms with Gasteiger partial charge in [0.25, 0.3) is 0 Å². The number of methoxy groups -OCH3 is 1. The van der Waals surface area contributed by atoms with Crippen LogP contribution in [0.3, 0.4) is 0 Å². The van der Waals surface area contributed by atoms with Gasteiger partial charge in [0.1, 0.15) is 11.6 Å². The molecule has 0 spiro atoms. The number of carbonyl (C=O) groups excluding carboxylic acids is 1. The van der Waals surface area contributed by atoms with Crippen molar-refractivity contribution in [2.45, 2.75) is 20.4 Å². The van der Waals surface area contributed by atoms with Gasteiger partial charge < -0.3 is 19.5 Å². The fraction of sp³-hybridized carbons (Fsp3) is 0.450. The highest BCUT2D eigenvalue weighted by Crippen LogP contribution is 2.24. The SMILES string of the molecule is CN=C(NCc1ccc(-n2ccnc2C)c(F)c1)N1CC(C)C(C(=O)OC)C1.I. The van der Waals surface area contributed by atoms with Crippen molar-refractivity contribution in [3.05, 3.63) is 47.8 Å². The maximum absolute atomic E-state index is 14.6. The van der Waals surface area contributed by atoms with Crippen LogP contribution in [-0.2, 0) is 16.1 Å². The highest BCUT2D eigenvalue weighted by molar-refractivity contribution is 14.0. The van der Waals surface area contributed by atoms with E-state index in [0.717, 1.165) is 11.4 Å². The van der Waals surface area contributed by atoms with Gasteiger partial charge in [-0.15, -0.1) is 24.0 Å². The molecule has 2 heterocycles. The normalized spacial score (nSPS) is 19.1. The molecule has 0 radical (unpaired) electrons. The lowest BCUT2D eigenvalue weighted by Crippen LogP contribution is -2.40. The van der Waals surface area contributed by atoms with Gasteiger partial charge in [0, 0.05) is 39.1 Å². The zero-order valence-electron chi connectivity index (χ0n) is 17.1. The van der Waals surface area contributed by atoms with Gasteiger partial charge in [0.05, 0.1) is 18.7 Å². The predicted molar refractivity (Wildman–Crippen MR) is 120 cm³/mol. The maximum Gasteiger partial charge on any atom is 0.310 e. The topological polar surface area (TPSA) is 71.8 Å². The van der Waals surface area contributed by atoms with Gasteiger partial charge in [-0.3, -0.25) is 9.79 Å². The Balaban J connectivity index is 0.00000300.